The average Bonchev–Trinajstić information content (AvgIpc) is 3.55. The highest BCUT2D eigenvalue weighted by Gasteiger charge is 2.23. The number of hydrogen-bond acceptors (Lipinski definition) is 7. The summed E-state index contributed by atoms with van der Waals surface area (Å²) in [7, 11) is 0. The number of rotatable bonds is 6. The van der Waals surface area contributed by atoms with Crippen molar-refractivity contribution in [1.82, 2.24) is 24.4 Å². The van der Waals surface area contributed by atoms with E-state index in [1.54, 1.807) is 16.9 Å². The van der Waals surface area contributed by atoms with Crippen LogP contribution in [0.5, 0.6) is 0 Å². The van der Waals surface area contributed by atoms with E-state index in [-0.39, 0.29) is 5.57 Å². The summed E-state index contributed by atoms with van der Waals surface area (Å²) in [6.45, 7) is 9.56. The minimum Gasteiger partial charge on any atom is -0.366 e. The molecule has 1 fully saturated rings. The Balaban J connectivity index is 1.41. The molecule has 1 aliphatic rings. The minimum absolute atomic E-state index is 0.247. The first kappa shape index (κ1) is 22.2. The maximum absolute atomic E-state index is 11.4. The standard InChI is InChI=1S/C25H25N9O/c1-3-33-15-21(14-29-33)19-10-22(24-20(11-26)13-30-34(24)16-19)31-6-8-32(9-7-31)23-5-4-18(12-28-23)17(2)25(27)35/h4-5,10,12-16H,2-3,6-9H2,1H3,(H2,27,35). The van der Waals surface area contributed by atoms with Crippen molar-refractivity contribution in [2.45, 2.75) is 13.5 Å². The molecule has 0 radical (unpaired) electrons. The van der Waals surface area contributed by atoms with Crippen LogP contribution in [-0.2, 0) is 11.3 Å². The molecule has 176 valence electrons. The molecule has 35 heavy (non-hydrogen) atoms. The highest BCUT2D eigenvalue weighted by atomic mass is 16.1. The predicted octanol–water partition coefficient (Wildman–Crippen LogP) is 2.31. The molecule has 4 aromatic rings. The predicted molar refractivity (Wildman–Crippen MR) is 134 cm³/mol. The van der Waals surface area contributed by atoms with Crippen molar-refractivity contribution in [3.8, 4) is 17.2 Å². The molecule has 0 spiro atoms. The first-order valence-electron chi connectivity index (χ1n) is 11.4. The van der Waals surface area contributed by atoms with Gasteiger partial charge < -0.3 is 15.5 Å². The normalized spacial score (nSPS) is 13.7. The van der Waals surface area contributed by atoms with Gasteiger partial charge in [0.15, 0.2) is 0 Å². The number of hydrogen-bond donors (Lipinski definition) is 1. The molecule has 1 amide bonds. The summed E-state index contributed by atoms with van der Waals surface area (Å²) >= 11 is 0. The number of anilines is 2. The number of carbonyl (C=O) groups is 1. The second-order valence-corrected chi connectivity index (χ2v) is 8.38. The van der Waals surface area contributed by atoms with Crippen LogP contribution in [0.15, 0.2) is 55.8 Å². The fourth-order valence-corrected chi connectivity index (χ4v) is 4.34. The van der Waals surface area contributed by atoms with E-state index in [1.807, 2.05) is 42.3 Å². The summed E-state index contributed by atoms with van der Waals surface area (Å²) in [6, 6.07) is 8.09. The number of nitrogens with two attached hydrogens (primary N) is 1. The van der Waals surface area contributed by atoms with E-state index in [0.717, 1.165) is 60.9 Å². The van der Waals surface area contributed by atoms with Crippen LogP contribution in [0.25, 0.3) is 22.2 Å². The van der Waals surface area contributed by atoms with Gasteiger partial charge in [-0.05, 0) is 25.1 Å². The van der Waals surface area contributed by atoms with Crippen molar-refractivity contribution >= 4 is 28.5 Å². The summed E-state index contributed by atoms with van der Waals surface area (Å²) in [6.07, 6.45) is 9.05. The molecular weight excluding hydrogens is 442 g/mol. The van der Waals surface area contributed by atoms with E-state index >= 15 is 0 Å². The molecule has 0 bridgehead atoms. The van der Waals surface area contributed by atoms with Crippen molar-refractivity contribution in [2.24, 2.45) is 5.73 Å². The molecule has 4 aromatic heterocycles. The van der Waals surface area contributed by atoms with Crippen LogP contribution < -0.4 is 15.5 Å². The molecule has 5 heterocycles. The lowest BCUT2D eigenvalue weighted by Gasteiger charge is -2.37. The molecule has 5 rings (SSSR count). The number of nitriles is 1. The average molecular weight is 468 g/mol. The van der Waals surface area contributed by atoms with Gasteiger partial charge in [-0.3, -0.25) is 9.48 Å². The van der Waals surface area contributed by atoms with Crippen LogP contribution >= 0.6 is 0 Å². The summed E-state index contributed by atoms with van der Waals surface area (Å²) in [5.41, 5.74) is 10.5. The Morgan fingerprint density at radius 3 is 2.49 bits per heavy atom. The number of primary amides is 1. The van der Waals surface area contributed by atoms with Crippen LogP contribution in [-0.4, -0.2) is 56.5 Å². The van der Waals surface area contributed by atoms with Crippen molar-refractivity contribution in [3.63, 3.8) is 0 Å². The number of aryl methyl sites for hydroxylation is 1. The molecule has 0 unspecified atom stereocenters. The van der Waals surface area contributed by atoms with Crippen LogP contribution in [0.3, 0.4) is 0 Å². The highest BCUT2D eigenvalue weighted by Crippen LogP contribution is 2.32. The van der Waals surface area contributed by atoms with Gasteiger partial charge >= 0.3 is 0 Å². The van der Waals surface area contributed by atoms with Gasteiger partial charge in [-0.2, -0.15) is 15.5 Å². The number of aromatic nitrogens is 5. The first-order chi connectivity index (χ1) is 17.0. The molecule has 10 nitrogen and oxygen atoms in total. The number of nitrogens with zero attached hydrogens (tertiary/aromatic N) is 8. The summed E-state index contributed by atoms with van der Waals surface area (Å²) in [4.78, 5) is 20.3. The Bertz CT molecular complexity index is 1450. The smallest absolute Gasteiger partial charge is 0.248 e. The maximum atomic E-state index is 11.4. The van der Waals surface area contributed by atoms with Crippen molar-refractivity contribution < 1.29 is 4.79 Å². The number of pyridine rings is 2. The molecule has 0 saturated carbocycles. The van der Waals surface area contributed by atoms with Crippen LogP contribution in [0.4, 0.5) is 11.5 Å². The van der Waals surface area contributed by atoms with Gasteiger partial charge in [0.2, 0.25) is 5.91 Å². The van der Waals surface area contributed by atoms with Crippen LogP contribution in [0, 0.1) is 11.3 Å². The monoisotopic (exact) mass is 467 g/mol. The van der Waals surface area contributed by atoms with E-state index in [2.05, 4.69) is 43.7 Å². The second kappa shape index (κ2) is 8.95. The SMILES string of the molecule is C=C(C(N)=O)c1ccc(N2CCN(c3cc(-c4cnn(CC)c4)cn4ncc(C#N)c34)CC2)nc1. The van der Waals surface area contributed by atoms with Crippen LogP contribution in [0.2, 0.25) is 0 Å². The van der Waals surface area contributed by atoms with Gasteiger partial charge in [-0.25, -0.2) is 9.50 Å². The lowest BCUT2D eigenvalue weighted by molar-refractivity contribution is -0.112. The number of fused-ring (bicyclic) bond motifs is 1. The molecule has 0 atom stereocenters. The van der Waals surface area contributed by atoms with Gasteiger partial charge in [-0.15, -0.1) is 0 Å². The molecule has 2 N–H and O–H groups in total. The van der Waals surface area contributed by atoms with Gasteiger partial charge in [0.25, 0.3) is 0 Å². The van der Waals surface area contributed by atoms with E-state index in [0.29, 0.717) is 11.1 Å². The van der Waals surface area contributed by atoms with E-state index in [9.17, 15) is 10.1 Å². The fraction of sp³-hybridized carbons (Fsp3) is 0.240. The molecule has 1 aliphatic heterocycles. The Morgan fingerprint density at radius 1 is 1.09 bits per heavy atom. The van der Waals surface area contributed by atoms with Crippen molar-refractivity contribution in [2.75, 3.05) is 36.0 Å². The summed E-state index contributed by atoms with van der Waals surface area (Å²) < 4.78 is 3.67. The number of amides is 1. The Kier molecular flexibility index (Phi) is 5.66. The largest absolute Gasteiger partial charge is 0.366 e. The number of carbonyl (C=O) groups excluding carboxylic acids is 1. The summed E-state index contributed by atoms with van der Waals surface area (Å²) in [5, 5.41) is 18.5. The fourth-order valence-electron chi connectivity index (χ4n) is 4.34. The Hall–Kier alpha value is -4.65. The van der Waals surface area contributed by atoms with Crippen molar-refractivity contribution in [1.29, 1.82) is 5.26 Å². The van der Waals surface area contributed by atoms with Gasteiger partial charge in [0.1, 0.15) is 17.4 Å². The zero-order valence-electron chi connectivity index (χ0n) is 19.4. The van der Waals surface area contributed by atoms with Crippen molar-refractivity contribution in [3.05, 3.63) is 66.9 Å². The van der Waals surface area contributed by atoms with E-state index in [1.165, 1.54) is 0 Å². The van der Waals surface area contributed by atoms with Gasteiger partial charge in [-0.1, -0.05) is 6.58 Å². The third-order valence-electron chi connectivity index (χ3n) is 6.34. The quantitative estimate of drug-likeness (QED) is 0.432. The Labute approximate surface area is 202 Å². The van der Waals surface area contributed by atoms with E-state index < -0.39 is 5.91 Å². The topological polar surface area (TPSA) is 121 Å². The molecule has 10 heteroatoms. The minimum atomic E-state index is -0.555. The van der Waals surface area contributed by atoms with Crippen LogP contribution in [0.1, 0.15) is 18.1 Å². The molecule has 0 aromatic carbocycles. The van der Waals surface area contributed by atoms with E-state index in [4.69, 9.17) is 5.73 Å². The van der Waals surface area contributed by atoms with Gasteiger partial charge in [0, 0.05) is 73.6 Å². The first-order valence-corrected chi connectivity index (χ1v) is 11.4. The lowest BCUT2D eigenvalue weighted by atomic mass is 10.1. The third kappa shape index (κ3) is 4.08. The van der Waals surface area contributed by atoms with Gasteiger partial charge in [0.05, 0.1) is 23.6 Å². The molecule has 0 aliphatic carbocycles. The maximum Gasteiger partial charge on any atom is 0.248 e. The molecular formula is C25H25N9O. The lowest BCUT2D eigenvalue weighted by Crippen LogP contribution is -2.47. The molecule has 1 saturated heterocycles. The number of piperazine rings is 1. The zero-order chi connectivity index (χ0) is 24.5. The summed E-state index contributed by atoms with van der Waals surface area (Å²) in [5.74, 6) is 0.277. The third-order valence-corrected chi connectivity index (χ3v) is 6.34. The second-order valence-electron chi connectivity index (χ2n) is 8.38. The highest BCUT2D eigenvalue weighted by molar-refractivity contribution is 6.17. The Morgan fingerprint density at radius 2 is 1.86 bits per heavy atom. The zero-order valence-corrected chi connectivity index (χ0v) is 19.4.